The van der Waals surface area contributed by atoms with Gasteiger partial charge in [-0.05, 0) is 43.1 Å². The molecule has 14 heavy (non-hydrogen) atoms. The number of rotatable bonds is 1. The van der Waals surface area contributed by atoms with E-state index in [4.69, 9.17) is 0 Å². The highest BCUT2D eigenvalue weighted by Crippen LogP contribution is 2.42. The van der Waals surface area contributed by atoms with Gasteiger partial charge in [-0.25, -0.2) is 0 Å². The monoisotopic (exact) mass is 188 g/mol. The third kappa shape index (κ3) is 1.70. The average molecular weight is 188 g/mol. The molecule has 0 bridgehead atoms. The van der Waals surface area contributed by atoms with Crippen molar-refractivity contribution in [3.8, 4) is 0 Å². The van der Waals surface area contributed by atoms with E-state index in [1.807, 2.05) is 0 Å². The van der Waals surface area contributed by atoms with E-state index < -0.39 is 0 Å². The molecule has 0 N–H and O–H groups in total. The summed E-state index contributed by atoms with van der Waals surface area (Å²) in [7, 11) is 0. The summed E-state index contributed by atoms with van der Waals surface area (Å²) in [5.41, 5.74) is 2.92. The Bertz CT molecular complexity index is 296. The second-order valence-electron chi connectivity index (χ2n) is 4.93. The van der Waals surface area contributed by atoms with Gasteiger partial charge in [0.05, 0.1) is 0 Å². The zero-order valence-corrected chi connectivity index (χ0v) is 9.46. The van der Waals surface area contributed by atoms with Crippen molar-refractivity contribution >= 4 is 0 Å². The molecule has 0 nitrogen and oxygen atoms in total. The minimum Gasteiger partial charge on any atom is -0.0622 e. The van der Waals surface area contributed by atoms with Crippen LogP contribution in [0.25, 0.3) is 0 Å². The van der Waals surface area contributed by atoms with Crippen LogP contribution in [-0.4, -0.2) is 0 Å². The summed E-state index contributed by atoms with van der Waals surface area (Å²) in [5.74, 6) is 2.57. The predicted molar refractivity (Wildman–Crippen MR) is 61.5 cm³/mol. The first-order valence-electron chi connectivity index (χ1n) is 5.75. The van der Waals surface area contributed by atoms with Crippen LogP contribution in [-0.2, 0) is 0 Å². The van der Waals surface area contributed by atoms with Gasteiger partial charge >= 0.3 is 0 Å². The van der Waals surface area contributed by atoms with Gasteiger partial charge in [-0.1, -0.05) is 43.7 Å². The molecule has 1 aliphatic rings. The van der Waals surface area contributed by atoms with Crippen molar-refractivity contribution in [1.82, 2.24) is 0 Å². The van der Waals surface area contributed by atoms with E-state index in [0.29, 0.717) is 0 Å². The van der Waals surface area contributed by atoms with Gasteiger partial charge in [-0.15, -0.1) is 0 Å². The van der Waals surface area contributed by atoms with Crippen molar-refractivity contribution in [3.05, 3.63) is 35.4 Å². The highest BCUT2D eigenvalue weighted by atomic mass is 14.3. The molecular weight excluding hydrogens is 168 g/mol. The molecule has 0 heteroatoms. The van der Waals surface area contributed by atoms with E-state index >= 15 is 0 Å². The topological polar surface area (TPSA) is 0 Å². The van der Waals surface area contributed by atoms with E-state index in [9.17, 15) is 0 Å². The Morgan fingerprint density at radius 2 is 1.64 bits per heavy atom. The van der Waals surface area contributed by atoms with E-state index in [-0.39, 0.29) is 0 Å². The van der Waals surface area contributed by atoms with Crippen LogP contribution >= 0.6 is 0 Å². The number of hydrogen-bond donors (Lipinski definition) is 0. The molecule has 1 aromatic rings. The second kappa shape index (κ2) is 3.76. The molecule has 1 fully saturated rings. The Kier molecular flexibility index (Phi) is 2.62. The maximum absolute atomic E-state index is 2.40. The van der Waals surface area contributed by atoms with Crippen LogP contribution in [0.2, 0.25) is 0 Å². The fraction of sp³-hybridized carbons (Fsp3) is 0.571. The summed E-state index contributed by atoms with van der Waals surface area (Å²) in [6.07, 6.45) is 2.78. The molecule has 0 heterocycles. The van der Waals surface area contributed by atoms with Gasteiger partial charge < -0.3 is 0 Å². The van der Waals surface area contributed by atoms with Crippen LogP contribution in [0.5, 0.6) is 0 Å². The third-order valence-electron chi connectivity index (χ3n) is 3.97. The molecule has 0 radical (unpaired) electrons. The Balaban J connectivity index is 2.19. The van der Waals surface area contributed by atoms with Crippen molar-refractivity contribution in [2.75, 3.05) is 0 Å². The Labute approximate surface area is 87.3 Å². The summed E-state index contributed by atoms with van der Waals surface area (Å²) in [6, 6.07) is 9.11. The average Bonchev–Trinajstić information content (AvgIpc) is 2.50. The molecular formula is C14H20. The van der Waals surface area contributed by atoms with Gasteiger partial charge in [-0.3, -0.25) is 0 Å². The molecule has 3 unspecified atom stereocenters. The SMILES string of the molecule is Cc1ccc(C2CCC(C)C2C)cc1. The molecule has 0 saturated heterocycles. The van der Waals surface area contributed by atoms with Crippen molar-refractivity contribution in [2.45, 2.75) is 39.5 Å². The number of hydrogen-bond acceptors (Lipinski definition) is 0. The molecule has 0 aliphatic heterocycles. The highest BCUT2D eigenvalue weighted by molar-refractivity contribution is 5.25. The van der Waals surface area contributed by atoms with Crippen molar-refractivity contribution in [1.29, 1.82) is 0 Å². The summed E-state index contributed by atoms with van der Waals surface area (Å²) in [4.78, 5) is 0. The minimum absolute atomic E-state index is 0.811. The molecule has 0 aromatic heterocycles. The maximum Gasteiger partial charge on any atom is -0.0134 e. The molecule has 1 saturated carbocycles. The van der Waals surface area contributed by atoms with Crippen molar-refractivity contribution < 1.29 is 0 Å². The first-order valence-corrected chi connectivity index (χ1v) is 5.75. The van der Waals surface area contributed by atoms with Gasteiger partial charge in [0.25, 0.3) is 0 Å². The standard InChI is InChI=1S/C14H20/c1-10-4-7-13(8-5-10)14-9-6-11(2)12(14)3/h4-5,7-8,11-12,14H,6,9H2,1-3H3. The summed E-state index contributed by atoms with van der Waals surface area (Å²) < 4.78 is 0. The molecule has 0 spiro atoms. The van der Waals surface area contributed by atoms with Crippen LogP contribution in [0.1, 0.15) is 43.7 Å². The maximum atomic E-state index is 2.40. The largest absolute Gasteiger partial charge is 0.0622 e. The van der Waals surface area contributed by atoms with E-state index in [1.165, 1.54) is 18.4 Å². The Hall–Kier alpha value is -0.780. The van der Waals surface area contributed by atoms with Gasteiger partial charge in [0.15, 0.2) is 0 Å². The lowest BCUT2D eigenvalue weighted by Crippen LogP contribution is -2.07. The quantitative estimate of drug-likeness (QED) is 0.621. The molecule has 0 amide bonds. The normalized spacial score (nSPS) is 32.1. The van der Waals surface area contributed by atoms with Gasteiger partial charge in [0.2, 0.25) is 0 Å². The minimum atomic E-state index is 0.811. The Morgan fingerprint density at radius 3 is 2.14 bits per heavy atom. The van der Waals surface area contributed by atoms with E-state index in [1.54, 1.807) is 5.56 Å². The summed E-state index contributed by atoms with van der Waals surface area (Å²) in [6.45, 7) is 6.95. The molecule has 3 atom stereocenters. The lowest BCUT2D eigenvalue weighted by Gasteiger charge is -2.18. The van der Waals surface area contributed by atoms with Crippen LogP contribution < -0.4 is 0 Å². The van der Waals surface area contributed by atoms with E-state index in [2.05, 4.69) is 45.0 Å². The zero-order valence-electron chi connectivity index (χ0n) is 9.46. The lowest BCUT2D eigenvalue weighted by atomic mass is 9.87. The summed E-state index contributed by atoms with van der Waals surface area (Å²) >= 11 is 0. The molecule has 1 aliphatic carbocycles. The number of benzene rings is 1. The van der Waals surface area contributed by atoms with Crippen molar-refractivity contribution in [2.24, 2.45) is 11.8 Å². The summed E-state index contributed by atoms with van der Waals surface area (Å²) in [5, 5.41) is 0. The lowest BCUT2D eigenvalue weighted by molar-refractivity contribution is 0.423. The molecule has 2 rings (SSSR count). The van der Waals surface area contributed by atoms with Crippen molar-refractivity contribution in [3.63, 3.8) is 0 Å². The predicted octanol–water partition coefficient (Wildman–Crippen LogP) is 4.14. The van der Waals surface area contributed by atoms with E-state index in [0.717, 1.165) is 17.8 Å². The first-order chi connectivity index (χ1) is 6.68. The molecule has 76 valence electrons. The first kappa shape index (κ1) is 9.76. The third-order valence-corrected chi connectivity index (χ3v) is 3.97. The highest BCUT2D eigenvalue weighted by Gasteiger charge is 2.30. The van der Waals surface area contributed by atoms with Crippen LogP contribution in [0.4, 0.5) is 0 Å². The fourth-order valence-electron chi connectivity index (χ4n) is 2.65. The van der Waals surface area contributed by atoms with Crippen LogP contribution in [0.15, 0.2) is 24.3 Å². The second-order valence-corrected chi connectivity index (χ2v) is 4.93. The zero-order chi connectivity index (χ0) is 10.1. The van der Waals surface area contributed by atoms with Gasteiger partial charge in [0.1, 0.15) is 0 Å². The molecule has 1 aromatic carbocycles. The Morgan fingerprint density at radius 1 is 1.00 bits per heavy atom. The van der Waals surface area contributed by atoms with Crippen LogP contribution in [0, 0.1) is 18.8 Å². The fourth-order valence-corrected chi connectivity index (χ4v) is 2.65. The van der Waals surface area contributed by atoms with Gasteiger partial charge in [0, 0.05) is 0 Å². The van der Waals surface area contributed by atoms with Crippen LogP contribution in [0.3, 0.4) is 0 Å². The number of aryl methyl sites for hydroxylation is 1. The van der Waals surface area contributed by atoms with Gasteiger partial charge in [-0.2, -0.15) is 0 Å². The smallest absolute Gasteiger partial charge is 0.0134 e.